The Labute approximate surface area is 146 Å². The van der Waals surface area contributed by atoms with Crippen LogP contribution in [-0.4, -0.2) is 10.3 Å². The fourth-order valence-electron chi connectivity index (χ4n) is 3.00. The summed E-state index contributed by atoms with van der Waals surface area (Å²) in [5, 5.41) is 0. The highest BCUT2D eigenvalue weighted by molar-refractivity contribution is 7.98. The molecule has 2 aromatic rings. The van der Waals surface area contributed by atoms with Gasteiger partial charge in [0.25, 0.3) is 0 Å². The Bertz CT molecular complexity index is 562. The van der Waals surface area contributed by atoms with E-state index < -0.39 is 0 Å². The summed E-state index contributed by atoms with van der Waals surface area (Å²) >= 11 is 2.05. The van der Waals surface area contributed by atoms with E-state index in [-0.39, 0.29) is 0 Å². The molecule has 0 bridgehead atoms. The van der Waals surface area contributed by atoms with E-state index >= 15 is 0 Å². The maximum Gasteiger partial charge on any atom is 0.245 e. The average Bonchev–Trinajstić information content (AvgIpc) is 2.93. The predicted molar refractivity (Wildman–Crippen MR) is 103 cm³/mol. The van der Waals surface area contributed by atoms with Crippen LogP contribution in [0.3, 0.4) is 0 Å². The van der Waals surface area contributed by atoms with E-state index in [0.717, 1.165) is 12.4 Å². The van der Waals surface area contributed by atoms with Gasteiger partial charge in [0.2, 0.25) is 6.33 Å². The average molecular weight is 334 g/mol. The van der Waals surface area contributed by atoms with Gasteiger partial charge in [-0.1, -0.05) is 58.1 Å². The summed E-state index contributed by atoms with van der Waals surface area (Å²) in [6.07, 6.45) is 13.1. The van der Waals surface area contributed by atoms with Gasteiger partial charge in [-0.2, -0.15) is 0 Å². The molecule has 0 aliphatic rings. The molecule has 128 valence electrons. The van der Waals surface area contributed by atoms with Gasteiger partial charge in [0.1, 0.15) is 5.88 Å². The van der Waals surface area contributed by atoms with E-state index in [2.05, 4.69) is 53.6 Å². The lowest BCUT2D eigenvalue weighted by Crippen LogP contribution is -2.30. The number of unbranched alkanes of at least 4 members (excludes halogenated alkanes) is 6. The van der Waals surface area contributed by atoms with Crippen molar-refractivity contribution in [1.29, 1.82) is 0 Å². The second kappa shape index (κ2) is 10.7. The summed E-state index contributed by atoms with van der Waals surface area (Å²) in [6.45, 7) is 5.70. The van der Waals surface area contributed by atoms with Crippen LogP contribution < -0.4 is 4.57 Å². The van der Waals surface area contributed by atoms with Crippen molar-refractivity contribution >= 4 is 22.8 Å². The van der Waals surface area contributed by atoms with Crippen LogP contribution >= 0.6 is 11.8 Å². The minimum Gasteiger partial charge on any atom is -0.230 e. The number of aryl methyl sites for hydroxylation is 1. The van der Waals surface area contributed by atoms with Crippen LogP contribution in [0.5, 0.6) is 0 Å². The van der Waals surface area contributed by atoms with E-state index in [9.17, 15) is 0 Å². The zero-order valence-electron chi connectivity index (χ0n) is 15.0. The van der Waals surface area contributed by atoms with Gasteiger partial charge in [-0.15, -0.1) is 11.8 Å². The summed E-state index contributed by atoms with van der Waals surface area (Å²) in [6, 6.07) is 8.84. The van der Waals surface area contributed by atoms with Gasteiger partial charge >= 0.3 is 0 Å². The largest absolute Gasteiger partial charge is 0.245 e. The molecule has 0 spiro atoms. The number of aromatic nitrogens is 2. The first-order valence-corrected chi connectivity index (χ1v) is 10.6. The summed E-state index contributed by atoms with van der Waals surface area (Å²) < 4.78 is 4.88. The highest BCUT2D eigenvalue weighted by atomic mass is 32.2. The van der Waals surface area contributed by atoms with Crippen molar-refractivity contribution < 1.29 is 4.57 Å². The molecule has 0 radical (unpaired) electrons. The van der Waals surface area contributed by atoms with E-state index in [1.54, 1.807) is 0 Å². The van der Waals surface area contributed by atoms with Crippen LogP contribution in [0.1, 0.15) is 65.2 Å². The number of imidazole rings is 1. The number of fused-ring (bicyclic) bond motifs is 1. The smallest absolute Gasteiger partial charge is 0.230 e. The quantitative estimate of drug-likeness (QED) is 0.353. The summed E-state index contributed by atoms with van der Waals surface area (Å²) in [5.74, 6) is 2.34. The predicted octanol–water partition coefficient (Wildman–Crippen LogP) is 5.78. The first-order chi connectivity index (χ1) is 11.4. The number of hydrogen-bond acceptors (Lipinski definition) is 1. The van der Waals surface area contributed by atoms with E-state index in [4.69, 9.17) is 0 Å². The standard InChI is InChI=1S/C20H33N2S/c1-3-5-7-8-9-12-15-21-17-22(18-23-16-6-4-2)20-14-11-10-13-19(20)21/h10-11,13-14,17H,3-9,12,15-16,18H2,1-2H3/q+1. The van der Waals surface area contributed by atoms with Crippen LogP contribution in [0.2, 0.25) is 0 Å². The fourth-order valence-corrected chi connectivity index (χ4v) is 4.02. The minimum absolute atomic E-state index is 1.07. The second-order valence-electron chi connectivity index (χ2n) is 6.43. The molecule has 1 aromatic heterocycles. The lowest BCUT2D eigenvalue weighted by atomic mass is 10.1. The maximum atomic E-state index is 2.45. The highest BCUT2D eigenvalue weighted by Crippen LogP contribution is 2.15. The molecule has 0 unspecified atom stereocenters. The lowest BCUT2D eigenvalue weighted by molar-refractivity contribution is -0.650. The normalized spacial score (nSPS) is 11.4. The minimum atomic E-state index is 1.07. The summed E-state index contributed by atoms with van der Waals surface area (Å²) in [7, 11) is 0. The number of benzene rings is 1. The van der Waals surface area contributed by atoms with Crippen LogP contribution in [0.25, 0.3) is 11.0 Å². The molecule has 2 rings (SSSR count). The van der Waals surface area contributed by atoms with Gasteiger partial charge < -0.3 is 0 Å². The monoisotopic (exact) mass is 333 g/mol. The van der Waals surface area contributed by atoms with E-state index in [1.165, 1.54) is 68.2 Å². The molecule has 23 heavy (non-hydrogen) atoms. The van der Waals surface area contributed by atoms with Gasteiger partial charge in [0, 0.05) is 0 Å². The molecule has 0 saturated heterocycles. The van der Waals surface area contributed by atoms with Crippen molar-refractivity contribution in [3.05, 3.63) is 30.6 Å². The zero-order valence-corrected chi connectivity index (χ0v) is 15.8. The Morgan fingerprint density at radius 2 is 1.65 bits per heavy atom. The highest BCUT2D eigenvalue weighted by Gasteiger charge is 2.14. The molecular weight excluding hydrogens is 300 g/mol. The Morgan fingerprint density at radius 3 is 2.48 bits per heavy atom. The van der Waals surface area contributed by atoms with E-state index in [0.29, 0.717) is 0 Å². The molecular formula is C20H33N2S+. The summed E-state index contributed by atoms with van der Waals surface area (Å²) in [4.78, 5) is 0. The first kappa shape index (κ1) is 18.4. The number of rotatable bonds is 12. The lowest BCUT2D eigenvalue weighted by Gasteiger charge is -1.99. The molecule has 2 nitrogen and oxygen atoms in total. The molecule has 1 aromatic carbocycles. The zero-order chi connectivity index (χ0) is 16.3. The van der Waals surface area contributed by atoms with Crippen LogP contribution in [-0.2, 0) is 12.4 Å². The molecule has 0 atom stereocenters. The van der Waals surface area contributed by atoms with E-state index in [1.807, 2.05) is 11.8 Å². The van der Waals surface area contributed by atoms with Crippen molar-refractivity contribution in [2.45, 2.75) is 77.6 Å². The third kappa shape index (κ3) is 5.87. The Morgan fingerprint density at radius 1 is 0.913 bits per heavy atom. The van der Waals surface area contributed by atoms with Crippen molar-refractivity contribution in [2.24, 2.45) is 0 Å². The number of nitrogens with zero attached hydrogens (tertiary/aromatic N) is 2. The fraction of sp³-hybridized carbons (Fsp3) is 0.650. The molecule has 0 saturated carbocycles. The third-order valence-corrected chi connectivity index (χ3v) is 5.44. The van der Waals surface area contributed by atoms with Crippen molar-refractivity contribution in [3.63, 3.8) is 0 Å². The Hall–Kier alpha value is -0.960. The number of hydrogen-bond donors (Lipinski definition) is 0. The molecule has 0 aliphatic heterocycles. The van der Waals surface area contributed by atoms with Crippen LogP contribution in [0.15, 0.2) is 30.6 Å². The first-order valence-electron chi connectivity index (χ1n) is 9.41. The molecule has 0 aliphatic carbocycles. The summed E-state index contributed by atoms with van der Waals surface area (Å²) in [5.41, 5.74) is 2.76. The van der Waals surface area contributed by atoms with Gasteiger partial charge in [-0.3, -0.25) is 0 Å². The van der Waals surface area contributed by atoms with Gasteiger partial charge in [0.15, 0.2) is 11.0 Å². The molecule has 3 heteroatoms. The topological polar surface area (TPSA) is 8.81 Å². The third-order valence-electron chi connectivity index (χ3n) is 4.40. The molecule has 0 fully saturated rings. The molecule has 1 heterocycles. The molecule has 0 amide bonds. The van der Waals surface area contributed by atoms with Gasteiger partial charge in [-0.25, -0.2) is 9.13 Å². The SMILES string of the molecule is CCCCCCCCn1c[n+](CSCCCC)c2ccccc21. The van der Waals surface area contributed by atoms with Crippen molar-refractivity contribution in [1.82, 2.24) is 4.57 Å². The Kier molecular flexibility index (Phi) is 8.59. The number of thioether (sulfide) groups is 1. The molecule has 0 N–H and O–H groups in total. The van der Waals surface area contributed by atoms with Crippen molar-refractivity contribution in [3.8, 4) is 0 Å². The van der Waals surface area contributed by atoms with Gasteiger partial charge in [-0.05, 0) is 37.1 Å². The maximum absolute atomic E-state index is 2.45. The second-order valence-corrected chi connectivity index (χ2v) is 7.50. The van der Waals surface area contributed by atoms with Gasteiger partial charge in [0.05, 0.1) is 6.54 Å². The Balaban J connectivity index is 1.91. The number of para-hydroxylation sites is 2. The van der Waals surface area contributed by atoms with Crippen LogP contribution in [0.4, 0.5) is 0 Å². The van der Waals surface area contributed by atoms with Crippen LogP contribution in [0, 0.1) is 0 Å². The van der Waals surface area contributed by atoms with Crippen molar-refractivity contribution in [2.75, 3.05) is 5.75 Å².